The number of halogens is 3. The fourth-order valence-corrected chi connectivity index (χ4v) is 4.20. The molecule has 1 fully saturated rings. The molecule has 1 aromatic heterocycles. The number of rotatable bonds is 5. The van der Waals surface area contributed by atoms with Crippen LogP contribution in [-0.4, -0.2) is 50.8 Å². The molecule has 2 rings (SSSR count). The highest BCUT2D eigenvalue weighted by molar-refractivity contribution is 7.89. The summed E-state index contributed by atoms with van der Waals surface area (Å²) in [5.74, 6) is 0.240. The van der Waals surface area contributed by atoms with E-state index in [4.69, 9.17) is 4.52 Å². The van der Waals surface area contributed by atoms with Gasteiger partial charge in [0.2, 0.25) is 10.0 Å². The van der Waals surface area contributed by atoms with Gasteiger partial charge in [-0.3, -0.25) is 4.90 Å². The van der Waals surface area contributed by atoms with Gasteiger partial charge in [-0.05, 0) is 45.7 Å². The summed E-state index contributed by atoms with van der Waals surface area (Å²) in [7, 11) is -3.72. The number of sulfonamides is 1. The number of hydrogen-bond donors (Lipinski definition) is 1. The average molecular weight is 355 g/mol. The Bertz CT molecular complexity index is 615. The smallest absolute Gasteiger partial charge is 0.360 e. The molecule has 1 aliphatic heterocycles. The Labute approximate surface area is 133 Å². The van der Waals surface area contributed by atoms with Gasteiger partial charge in [0.15, 0.2) is 5.76 Å². The largest absolute Gasteiger partial charge is 0.401 e. The second-order valence-electron chi connectivity index (χ2n) is 5.84. The van der Waals surface area contributed by atoms with Gasteiger partial charge >= 0.3 is 6.18 Å². The number of nitrogens with one attached hydrogen (secondary N) is 1. The second kappa shape index (κ2) is 6.78. The summed E-state index contributed by atoms with van der Waals surface area (Å²) in [5, 5.41) is 3.61. The predicted octanol–water partition coefficient (Wildman–Crippen LogP) is 1.84. The highest BCUT2D eigenvalue weighted by Crippen LogP contribution is 2.23. The Morgan fingerprint density at radius 2 is 1.91 bits per heavy atom. The van der Waals surface area contributed by atoms with Crippen LogP contribution in [0.4, 0.5) is 13.2 Å². The van der Waals surface area contributed by atoms with Crippen molar-refractivity contribution in [3.05, 3.63) is 11.5 Å². The summed E-state index contributed by atoms with van der Waals surface area (Å²) in [4.78, 5) is 1.38. The molecule has 1 N–H and O–H groups in total. The fraction of sp³-hybridized carbons (Fsp3) is 0.769. The lowest BCUT2D eigenvalue weighted by atomic mass is 9.97. The zero-order valence-electron chi connectivity index (χ0n) is 13.0. The predicted molar refractivity (Wildman–Crippen MR) is 76.4 cm³/mol. The number of aromatic nitrogens is 1. The maximum atomic E-state index is 12.3. The zero-order chi connectivity index (χ0) is 17.3. The Kier molecular flexibility index (Phi) is 5.37. The van der Waals surface area contributed by atoms with Crippen LogP contribution in [0.5, 0.6) is 0 Å². The van der Waals surface area contributed by atoms with Gasteiger partial charge in [0.25, 0.3) is 0 Å². The molecule has 0 unspecified atom stereocenters. The molecule has 132 valence electrons. The maximum Gasteiger partial charge on any atom is 0.401 e. The molecule has 1 aliphatic rings. The minimum atomic E-state index is -4.20. The first kappa shape index (κ1) is 18.2. The third-order valence-corrected chi connectivity index (χ3v) is 5.58. The molecule has 0 amide bonds. The van der Waals surface area contributed by atoms with E-state index in [2.05, 4.69) is 9.88 Å². The molecule has 2 heterocycles. The maximum absolute atomic E-state index is 12.3. The molecule has 1 aromatic rings. The average Bonchev–Trinajstić information content (AvgIpc) is 2.76. The van der Waals surface area contributed by atoms with Gasteiger partial charge in [0, 0.05) is 6.54 Å². The summed E-state index contributed by atoms with van der Waals surface area (Å²) in [6.45, 7) is 2.98. The molecular formula is C13H20F3N3O3S. The molecule has 0 atom stereocenters. The number of likely N-dealkylation sites (tertiary alicyclic amines) is 1. The standard InChI is InChI=1S/C13H20F3N3O3S/c1-9-12(10(2)22-18-9)23(20,21)17-7-11-3-5-19(6-4-11)8-13(14,15)16/h11,17H,3-8H2,1-2H3. The van der Waals surface area contributed by atoms with Crippen molar-refractivity contribution in [2.24, 2.45) is 5.92 Å². The van der Waals surface area contributed by atoms with Crippen molar-refractivity contribution >= 4 is 10.0 Å². The summed E-state index contributed by atoms with van der Waals surface area (Å²) in [5.41, 5.74) is 0.287. The van der Waals surface area contributed by atoms with E-state index in [0.29, 0.717) is 25.9 Å². The van der Waals surface area contributed by atoms with Crippen LogP contribution < -0.4 is 4.72 Å². The summed E-state index contributed by atoms with van der Waals surface area (Å²) < 4.78 is 68.9. The van der Waals surface area contributed by atoms with E-state index in [1.165, 1.54) is 11.8 Å². The number of aryl methyl sites for hydroxylation is 2. The number of hydrogen-bond acceptors (Lipinski definition) is 5. The fourth-order valence-electron chi connectivity index (χ4n) is 2.76. The molecule has 6 nitrogen and oxygen atoms in total. The molecule has 1 saturated heterocycles. The summed E-state index contributed by atoms with van der Waals surface area (Å²) in [6.07, 6.45) is -3.14. The van der Waals surface area contributed by atoms with Crippen LogP contribution in [-0.2, 0) is 10.0 Å². The normalized spacial score (nSPS) is 18.5. The highest BCUT2D eigenvalue weighted by atomic mass is 32.2. The van der Waals surface area contributed by atoms with Crippen LogP contribution in [0, 0.1) is 19.8 Å². The van der Waals surface area contributed by atoms with E-state index in [-0.39, 0.29) is 28.8 Å². The van der Waals surface area contributed by atoms with Crippen molar-refractivity contribution in [1.29, 1.82) is 0 Å². The lowest BCUT2D eigenvalue weighted by Gasteiger charge is -2.32. The van der Waals surface area contributed by atoms with Crippen molar-refractivity contribution in [2.75, 3.05) is 26.2 Å². The summed E-state index contributed by atoms with van der Waals surface area (Å²) in [6, 6.07) is 0. The Balaban J connectivity index is 1.86. The molecule has 0 saturated carbocycles. The highest BCUT2D eigenvalue weighted by Gasteiger charge is 2.33. The molecule has 0 radical (unpaired) electrons. The third-order valence-electron chi connectivity index (χ3n) is 3.91. The topological polar surface area (TPSA) is 75.4 Å². The molecule has 0 bridgehead atoms. The Morgan fingerprint density at radius 3 is 2.39 bits per heavy atom. The van der Waals surface area contributed by atoms with Crippen LogP contribution >= 0.6 is 0 Å². The van der Waals surface area contributed by atoms with Gasteiger partial charge in [-0.2, -0.15) is 13.2 Å². The summed E-state index contributed by atoms with van der Waals surface area (Å²) >= 11 is 0. The lowest BCUT2D eigenvalue weighted by Crippen LogP contribution is -2.42. The van der Waals surface area contributed by atoms with Crippen LogP contribution in [0.25, 0.3) is 0 Å². The molecular weight excluding hydrogens is 335 g/mol. The molecule has 23 heavy (non-hydrogen) atoms. The first-order valence-electron chi connectivity index (χ1n) is 7.30. The minimum Gasteiger partial charge on any atom is -0.360 e. The Morgan fingerprint density at radius 1 is 1.30 bits per heavy atom. The van der Waals surface area contributed by atoms with E-state index in [1.807, 2.05) is 0 Å². The third kappa shape index (κ3) is 4.92. The van der Waals surface area contributed by atoms with Crippen molar-refractivity contribution < 1.29 is 26.1 Å². The first-order chi connectivity index (χ1) is 10.6. The van der Waals surface area contributed by atoms with Crippen molar-refractivity contribution in [3.8, 4) is 0 Å². The van der Waals surface area contributed by atoms with E-state index >= 15 is 0 Å². The SMILES string of the molecule is Cc1noc(C)c1S(=O)(=O)NCC1CCN(CC(F)(F)F)CC1. The van der Waals surface area contributed by atoms with Crippen molar-refractivity contribution in [3.63, 3.8) is 0 Å². The van der Waals surface area contributed by atoms with Crippen molar-refractivity contribution in [2.45, 2.75) is 37.8 Å². The zero-order valence-corrected chi connectivity index (χ0v) is 13.8. The second-order valence-corrected chi connectivity index (χ2v) is 7.54. The van der Waals surface area contributed by atoms with E-state index in [0.717, 1.165) is 0 Å². The minimum absolute atomic E-state index is 0.0229. The molecule has 10 heteroatoms. The van der Waals surface area contributed by atoms with Crippen LogP contribution in [0.3, 0.4) is 0 Å². The van der Waals surface area contributed by atoms with E-state index < -0.39 is 22.7 Å². The molecule has 0 spiro atoms. The first-order valence-corrected chi connectivity index (χ1v) is 8.78. The van der Waals surface area contributed by atoms with Gasteiger partial charge in [0.05, 0.1) is 6.54 Å². The monoisotopic (exact) mass is 355 g/mol. The number of alkyl halides is 3. The number of nitrogens with zero attached hydrogens (tertiary/aromatic N) is 2. The van der Waals surface area contributed by atoms with Gasteiger partial charge in [-0.1, -0.05) is 5.16 Å². The van der Waals surface area contributed by atoms with Gasteiger partial charge in [-0.15, -0.1) is 0 Å². The van der Waals surface area contributed by atoms with Gasteiger partial charge in [-0.25, -0.2) is 13.1 Å². The van der Waals surface area contributed by atoms with Crippen LogP contribution in [0.15, 0.2) is 9.42 Å². The van der Waals surface area contributed by atoms with Crippen LogP contribution in [0.1, 0.15) is 24.3 Å². The lowest BCUT2D eigenvalue weighted by molar-refractivity contribution is -0.148. The number of piperidine rings is 1. The van der Waals surface area contributed by atoms with Crippen molar-refractivity contribution in [1.82, 2.24) is 14.8 Å². The quantitative estimate of drug-likeness (QED) is 0.872. The van der Waals surface area contributed by atoms with Crippen LogP contribution in [0.2, 0.25) is 0 Å². The molecule has 0 aromatic carbocycles. The van der Waals surface area contributed by atoms with Gasteiger partial charge in [0.1, 0.15) is 10.6 Å². The Hall–Kier alpha value is -1.13. The van der Waals surface area contributed by atoms with E-state index in [9.17, 15) is 21.6 Å². The van der Waals surface area contributed by atoms with Gasteiger partial charge < -0.3 is 4.52 Å². The molecule has 0 aliphatic carbocycles. The van der Waals surface area contributed by atoms with E-state index in [1.54, 1.807) is 6.92 Å².